The first kappa shape index (κ1) is 29.6. The number of aliphatic hydroxyl groups is 1. The number of amides is 1. The lowest BCUT2D eigenvalue weighted by atomic mass is 9.97. The van der Waals surface area contributed by atoms with Crippen molar-refractivity contribution in [3.63, 3.8) is 0 Å². The first-order valence-corrected chi connectivity index (χ1v) is 15.9. The average molecular weight is 579 g/mol. The van der Waals surface area contributed by atoms with Gasteiger partial charge in [0.05, 0.1) is 29.7 Å². The summed E-state index contributed by atoms with van der Waals surface area (Å²) in [4.78, 5) is 14.0. The van der Waals surface area contributed by atoms with Crippen molar-refractivity contribution < 1.29 is 27.8 Å². The maximum absolute atomic E-state index is 13.9. The highest BCUT2D eigenvalue weighted by atomic mass is 32.3. The molecule has 0 fully saturated rings. The second-order valence-electron chi connectivity index (χ2n) is 10.1. The second kappa shape index (κ2) is 13.3. The third-order valence-electron chi connectivity index (χ3n) is 6.98. The Kier molecular flexibility index (Phi) is 10.1. The fraction of sp³-hybridized carbons (Fsp3) is 0.414. The van der Waals surface area contributed by atoms with Crippen LogP contribution in [-0.2, 0) is 29.8 Å². The predicted molar refractivity (Wildman–Crippen MR) is 153 cm³/mol. The molecule has 0 saturated carbocycles. The summed E-state index contributed by atoms with van der Waals surface area (Å²) in [6, 6.07) is 11.9. The lowest BCUT2D eigenvalue weighted by Gasteiger charge is -2.42. The van der Waals surface area contributed by atoms with Gasteiger partial charge >= 0.3 is 0 Å². The van der Waals surface area contributed by atoms with Crippen LogP contribution in [0, 0.1) is 11.6 Å². The van der Waals surface area contributed by atoms with Crippen LogP contribution in [-0.4, -0.2) is 44.6 Å². The number of hydrogen-bond donors (Lipinski definition) is 5. The number of fused-ring (bicyclic) bond motifs is 1. The summed E-state index contributed by atoms with van der Waals surface area (Å²) in [5, 5.41) is 19.3. The maximum Gasteiger partial charge on any atom is 0.220 e. The number of nitrogens with one attached hydrogen (secondary N) is 2. The smallest absolute Gasteiger partial charge is 0.220 e. The molecule has 2 aromatic carbocycles. The van der Waals surface area contributed by atoms with Crippen LogP contribution in [0.4, 0.5) is 8.78 Å². The van der Waals surface area contributed by atoms with Crippen LogP contribution < -0.4 is 10.6 Å². The van der Waals surface area contributed by atoms with Crippen molar-refractivity contribution in [1.29, 1.82) is 0 Å². The predicted octanol–water partition coefficient (Wildman–Crippen LogP) is 5.59. The van der Waals surface area contributed by atoms with Gasteiger partial charge in [0.2, 0.25) is 5.91 Å². The largest absolute Gasteiger partial charge is 0.390 e. The van der Waals surface area contributed by atoms with Crippen LogP contribution in [0.25, 0.3) is 0 Å². The molecule has 10 heteroatoms. The van der Waals surface area contributed by atoms with Crippen molar-refractivity contribution >= 4 is 27.8 Å². The van der Waals surface area contributed by atoms with Crippen molar-refractivity contribution in [2.24, 2.45) is 0 Å². The summed E-state index contributed by atoms with van der Waals surface area (Å²) in [6.45, 7) is 2.08. The highest BCUT2D eigenvalue weighted by Gasteiger charge is 2.31. The summed E-state index contributed by atoms with van der Waals surface area (Å²) in [5.74, 6) is -1.39. The zero-order valence-electron chi connectivity index (χ0n) is 21.9. The van der Waals surface area contributed by atoms with E-state index in [0.717, 1.165) is 35.6 Å². The highest BCUT2D eigenvalue weighted by molar-refractivity contribution is 8.23. The Balaban J connectivity index is 1.45. The molecule has 0 radical (unpaired) electrons. The molecule has 0 unspecified atom stereocenters. The van der Waals surface area contributed by atoms with Gasteiger partial charge in [-0.15, -0.1) is 11.3 Å². The molecule has 2 heterocycles. The molecule has 6 nitrogen and oxygen atoms in total. The molecule has 3 atom stereocenters. The second-order valence-corrected chi connectivity index (χ2v) is 13.4. The minimum atomic E-state index is -2.84. The van der Waals surface area contributed by atoms with Crippen molar-refractivity contribution in [3.8, 4) is 0 Å². The van der Waals surface area contributed by atoms with Crippen LogP contribution >= 0.6 is 21.9 Å². The summed E-state index contributed by atoms with van der Waals surface area (Å²) in [5.41, 5.74) is 3.27. The monoisotopic (exact) mass is 578 g/mol. The number of carbonyl (C=O) groups is 1. The third kappa shape index (κ3) is 8.57. The van der Waals surface area contributed by atoms with Crippen molar-refractivity contribution in [2.45, 2.75) is 63.0 Å². The van der Waals surface area contributed by atoms with E-state index in [-0.39, 0.29) is 36.8 Å². The lowest BCUT2D eigenvalue weighted by Crippen LogP contribution is -2.49. The number of thiophene rings is 1. The zero-order valence-corrected chi connectivity index (χ0v) is 23.5. The van der Waals surface area contributed by atoms with Crippen molar-refractivity contribution in [2.75, 3.05) is 12.3 Å². The van der Waals surface area contributed by atoms with Gasteiger partial charge in [0, 0.05) is 23.9 Å². The van der Waals surface area contributed by atoms with Gasteiger partial charge in [-0.25, -0.2) is 8.78 Å². The molecule has 1 aromatic heterocycles. The summed E-state index contributed by atoms with van der Waals surface area (Å²) in [7, 11) is -2.84. The van der Waals surface area contributed by atoms with Gasteiger partial charge in [-0.1, -0.05) is 31.2 Å². The molecule has 0 spiro atoms. The molecule has 1 aliphatic heterocycles. The molecule has 1 amide bonds. The number of halogens is 2. The summed E-state index contributed by atoms with van der Waals surface area (Å²) >= 11 is 1.63. The van der Waals surface area contributed by atoms with Crippen LogP contribution in [0.15, 0.2) is 53.9 Å². The zero-order chi connectivity index (χ0) is 28.0. The van der Waals surface area contributed by atoms with Gasteiger partial charge in [0.15, 0.2) is 0 Å². The molecule has 39 heavy (non-hydrogen) atoms. The van der Waals surface area contributed by atoms with Crippen molar-refractivity contribution in [3.05, 3.63) is 92.7 Å². The molecule has 4 rings (SSSR count). The molecule has 1 aliphatic rings. The van der Waals surface area contributed by atoms with E-state index in [9.17, 15) is 27.8 Å². The molecule has 0 saturated heterocycles. The van der Waals surface area contributed by atoms with Gasteiger partial charge in [0.25, 0.3) is 0 Å². The lowest BCUT2D eigenvalue weighted by molar-refractivity contribution is -0.122. The molecule has 212 valence electrons. The SMILES string of the molecule is CCc1ccc2c(c1)[C@@H](NC[C@@H](O)[C@H](Cc1cc(F)cc(F)c1)NC(=O)CCCc1cccs1)CS(O)(O)C2. The van der Waals surface area contributed by atoms with Crippen LogP contribution in [0.2, 0.25) is 0 Å². The van der Waals surface area contributed by atoms with E-state index < -0.39 is 40.4 Å². The number of aliphatic hydroxyl groups excluding tert-OH is 1. The summed E-state index contributed by atoms with van der Waals surface area (Å²) in [6.07, 6.45) is 1.43. The first-order chi connectivity index (χ1) is 18.6. The first-order valence-electron chi connectivity index (χ1n) is 13.2. The van der Waals surface area contributed by atoms with Crippen molar-refractivity contribution in [1.82, 2.24) is 10.6 Å². The fourth-order valence-electron chi connectivity index (χ4n) is 4.98. The fourth-order valence-corrected chi connectivity index (χ4v) is 7.44. The molecule has 5 N–H and O–H groups in total. The quantitative estimate of drug-likeness (QED) is 0.193. The average Bonchev–Trinajstić information content (AvgIpc) is 3.39. The molecular weight excluding hydrogens is 542 g/mol. The molecular formula is C29H36F2N2O4S2. The number of aryl methyl sites for hydroxylation is 2. The number of carbonyl (C=O) groups excluding carboxylic acids is 1. The van der Waals surface area contributed by atoms with Crippen LogP contribution in [0.1, 0.15) is 52.9 Å². The van der Waals surface area contributed by atoms with Crippen LogP contribution in [0.3, 0.4) is 0 Å². The normalized spacial score (nSPS) is 18.7. The van der Waals surface area contributed by atoms with E-state index in [4.69, 9.17) is 0 Å². The molecule has 0 bridgehead atoms. The molecule has 3 aromatic rings. The van der Waals surface area contributed by atoms with Crippen LogP contribution in [0.5, 0.6) is 0 Å². The van der Waals surface area contributed by atoms with E-state index >= 15 is 0 Å². The van der Waals surface area contributed by atoms with E-state index in [1.165, 1.54) is 17.0 Å². The molecule has 0 aliphatic carbocycles. The Labute approximate surface area is 233 Å². The van der Waals surface area contributed by atoms with E-state index in [0.29, 0.717) is 12.0 Å². The van der Waals surface area contributed by atoms with Gasteiger partial charge in [-0.3, -0.25) is 13.9 Å². The highest BCUT2D eigenvalue weighted by Crippen LogP contribution is 2.50. The van der Waals surface area contributed by atoms with E-state index in [1.54, 1.807) is 11.3 Å². The number of hydrogen-bond acceptors (Lipinski definition) is 6. The number of rotatable bonds is 12. The summed E-state index contributed by atoms with van der Waals surface area (Å²) < 4.78 is 48.8. The van der Waals surface area contributed by atoms with Gasteiger partial charge < -0.3 is 15.7 Å². The third-order valence-corrected chi connectivity index (χ3v) is 9.56. The Morgan fingerprint density at radius 2 is 1.90 bits per heavy atom. The van der Waals surface area contributed by atoms with E-state index in [2.05, 4.69) is 16.7 Å². The minimum Gasteiger partial charge on any atom is -0.390 e. The van der Waals surface area contributed by atoms with Gasteiger partial charge in [0.1, 0.15) is 11.6 Å². The Hall–Kier alpha value is -2.34. The number of benzene rings is 2. The Morgan fingerprint density at radius 3 is 2.59 bits per heavy atom. The van der Waals surface area contributed by atoms with Gasteiger partial charge in [-0.05, 0) is 71.5 Å². The topological polar surface area (TPSA) is 102 Å². The maximum atomic E-state index is 13.9. The Bertz CT molecular complexity index is 1240. The minimum absolute atomic E-state index is 0.0324. The Morgan fingerprint density at radius 1 is 1.13 bits per heavy atom. The van der Waals surface area contributed by atoms with E-state index in [1.807, 2.05) is 36.6 Å². The van der Waals surface area contributed by atoms with Gasteiger partial charge in [-0.2, -0.15) is 10.6 Å². The standard InChI is InChI=1S/C29H36F2N2O4S2/c1-2-19-8-9-21-17-39(36,37)18-27(25(21)13-19)32-16-28(34)26(14-20-11-22(30)15-23(31)12-20)33-29(35)7-3-5-24-6-4-10-38-24/h4,6,8-13,15,26-28,32,34,36-37H,2-3,5,7,14,16-18H2,1H3,(H,33,35)/t26-,27-,28+/m0/s1.